The highest BCUT2D eigenvalue weighted by molar-refractivity contribution is 6.56. The third-order valence-corrected chi connectivity index (χ3v) is 5.81. The van der Waals surface area contributed by atoms with E-state index >= 15 is 0 Å². The number of hydrogen-bond donors (Lipinski definition) is 3. The number of hydrogen-bond acceptors (Lipinski definition) is 6. The predicted molar refractivity (Wildman–Crippen MR) is 124 cm³/mol. The zero-order valence-corrected chi connectivity index (χ0v) is 19.1. The topological polar surface area (TPSA) is 114 Å². The van der Waals surface area contributed by atoms with Gasteiger partial charge in [-0.25, -0.2) is 9.59 Å². The number of carbonyl (C=O) groups is 2. The number of rotatable bonds is 7. The average Bonchev–Trinajstić information content (AvgIpc) is 2.97. The molecule has 1 fully saturated rings. The van der Waals surface area contributed by atoms with E-state index in [1.807, 2.05) is 58.0 Å². The first-order valence-electron chi connectivity index (χ1n) is 10.6. The van der Waals surface area contributed by atoms with E-state index in [1.54, 1.807) is 12.1 Å². The molecule has 3 rings (SSSR count). The predicted octanol–water partition coefficient (Wildman–Crippen LogP) is 4.03. The Kier molecular flexibility index (Phi) is 7.14. The molecule has 0 radical (unpaired) electrons. The summed E-state index contributed by atoms with van der Waals surface area (Å²) in [6.45, 7) is 7.86. The molecule has 2 aromatic carbocycles. The standard InChI is InChI=1S/C24H28BNO7/c1-23(2)24(3,4)33-25(32-23)18(12-17-10-11-19(21(28)29)20(27)13-17)14-26-22(30)31-15-16-8-6-5-7-9-16/h5-13,27H,14-15H2,1-4H3,(H,26,30)(H,28,29). The van der Waals surface area contributed by atoms with Gasteiger partial charge in [0.05, 0.1) is 11.2 Å². The minimum Gasteiger partial charge on any atom is -0.507 e. The first-order chi connectivity index (χ1) is 15.5. The Morgan fingerprint density at radius 2 is 1.70 bits per heavy atom. The summed E-state index contributed by atoms with van der Waals surface area (Å²) in [5, 5.41) is 21.9. The van der Waals surface area contributed by atoms with Gasteiger partial charge in [0.25, 0.3) is 0 Å². The molecule has 0 saturated carbocycles. The highest BCUT2D eigenvalue weighted by atomic mass is 16.7. The first-order valence-corrected chi connectivity index (χ1v) is 10.6. The molecule has 0 aromatic heterocycles. The van der Waals surface area contributed by atoms with Gasteiger partial charge in [0.15, 0.2) is 0 Å². The number of aromatic carboxylic acids is 1. The van der Waals surface area contributed by atoms with Crippen molar-refractivity contribution >= 4 is 25.3 Å². The maximum atomic E-state index is 12.3. The largest absolute Gasteiger partial charge is 0.507 e. The van der Waals surface area contributed by atoms with Gasteiger partial charge in [-0.05, 0) is 56.4 Å². The van der Waals surface area contributed by atoms with Crippen LogP contribution >= 0.6 is 0 Å². The van der Waals surface area contributed by atoms with Gasteiger partial charge in [0.2, 0.25) is 0 Å². The van der Waals surface area contributed by atoms with Crippen molar-refractivity contribution in [2.45, 2.75) is 45.5 Å². The van der Waals surface area contributed by atoms with Gasteiger partial charge in [-0.15, -0.1) is 0 Å². The Morgan fingerprint density at radius 1 is 1.06 bits per heavy atom. The van der Waals surface area contributed by atoms with E-state index in [4.69, 9.17) is 19.2 Å². The van der Waals surface area contributed by atoms with E-state index in [0.717, 1.165) is 5.56 Å². The van der Waals surface area contributed by atoms with E-state index in [-0.39, 0.29) is 24.5 Å². The van der Waals surface area contributed by atoms with E-state index in [0.29, 0.717) is 11.0 Å². The molecule has 1 saturated heterocycles. The van der Waals surface area contributed by atoms with Crippen molar-refractivity contribution in [3.8, 4) is 5.75 Å². The summed E-state index contributed by atoms with van der Waals surface area (Å²) in [5.74, 6) is -1.59. The maximum Gasteiger partial charge on any atom is 0.492 e. The summed E-state index contributed by atoms with van der Waals surface area (Å²) in [7, 11) is -0.759. The van der Waals surface area contributed by atoms with Crippen molar-refractivity contribution in [3.63, 3.8) is 0 Å². The Hall–Kier alpha value is -3.30. The molecule has 2 aromatic rings. The first kappa shape index (κ1) is 24.3. The molecular formula is C24H28BNO7. The molecule has 0 unspecified atom stereocenters. The molecule has 0 spiro atoms. The van der Waals surface area contributed by atoms with Gasteiger partial charge in [0.1, 0.15) is 17.9 Å². The van der Waals surface area contributed by atoms with E-state index < -0.39 is 30.4 Å². The van der Waals surface area contributed by atoms with E-state index in [1.165, 1.54) is 12.1 Å². The number of carboxylic acid groups (broad SMARTS) is 1. The molecule has 0 aliphatic carbocycles. The fourth-order valence-corrected chi connectivity index (χ4v) is 3.18. The fourth-order valence-electron chi connectivity index (χ4n) is 3.18. The smallest absolute Gasteiger partial charge is 0.492 e. The van der Waals surface area contributed by atoms with Crippen molar-refractivity contribution in [1.82, 2.24) is 5.32 Å². The van der Waals surface area contributed by atoms with Gasteiger partial charge < -0.3 is 29.6 Å². The molecule has 1 aliphatic heterocycles. The Bertz CT molecular complexity index is 1030. The lowest BCUT2D eigenvalue weighted by molar-refractivity contribution is 0.00578. The molecule has 1 amide bonds. The van der Waals surface area contributed by atoms with Crippen LogP contribution in [0, 0.1) is 0 Å². The fraction of sp³-hybridized carbons (Fsp3) is 0.333. The molecule has 9 heteroatoms. The number of alkyl carbamates (subject to hydrolysis) is 1. The number of benzene rings is 2. The lowest BCUT2D eigenvalue weighted by Crippen LogP contribution is -2.41. The number of carbonyl (C=O) groups excluding carboxylic acids is 1. The lowest BCUT2D eigenvalue weighted by Gasteiger charge is -2.32. The number of phenols is 1. The van der Waals surface area contributed by atoms with Crippen molar-refractivity contribution in [1.29, 1.82) is 0 Å². The van der Waals surface area contributed by atoms with Crippen molar-refractivity contribution in [3.05, 3.63) is 70.7 Å². The van der Waals surface area contributed by atoms with Crippen LogP contribution < -0.4 is 5.32 Å². The summed E-state index contributed by atoms with van der Waals surface area (Å²) in [6, 6.07) is 13.5. The summed E-state index contributed by atoms with van der Waals surface area (Å²) in [4.78, 5) is 23.4. The molecule has 33 heavy (non-hydrogen) atoms. The van der Waals surface area contributed by atoms with Crippen LogP contribution in [0.3, 0.4) is 0 Å². The zero-order chi connectivity index (χ0) is 24.2. The Morgan fingerprint density at radius 3 is 2.27 bits per heavy atom. The molecule has 174 valence electrons. The lowest BCUT2D eigenvalue weighted by atomic mass is 9.77. The highest BCUT2D eigenvalue weighted by Gasteiger charge is 2.52. The molecule has 1 aliphatic rings. The van der Waals surface area contributed by atoms with Crippen LogP contribution in [-0.2, 0) is 20.7 Å². The number of amides is 1. The van der Waals surface area contributed by atoms with Gasteiger partial charge in [0, 0.05) is 6.54 Å². The SMILES string of the molecule is CC1(C)OB(C(=Cc2ccc(C(=O)O)c(O)c2)CNC(=O)OCc2ccccc2)OC1(C)C. The monoisotopic (exact) mass is 453 g/mol. The van der Waals surface area contributed by atoms with Crippen LogP contribution in [0.1, 0.15) is 49.2 Å². The number of nitrogens with one attached hydrogen (secondary N) is 1. The van der Waals surface area contributed by atoms with Gasteiger partial charge in [-0.3, -0.25) is 0 Å². The minimum atomic E-state index is -1.22. The summed E-state index contributed by atoms with van der Waals surface area (Å²) < 4.78 is 17.5. The normalized spacial score (nSPS) is 17.0. The van der Waals surface area contributed by atoms with Gasteiger partial charge in [-0.2, -0.15) is 0 Å². The second-order valence-corrected chi connectivity index (χ2v) is 8.80. The second-order valence-electron chi connectivity index (χ2n) is 8.80. The molecule has 1 heterocycles. The van der Waals surface area contributed by atoms with E-state index in [2.05, 4.69) is 5.32 Å². The van der Waals surface area contributed by atoms with Crippen LogP contribution in [0.2, 0.25) is 0 Å². The molecule has 3 N–H and O–H groups in total. The number of ether oxygens (including phenoxy) is 1. The van der Waals surface area contributed by atoms with Crippen molar-refractivity contribution in [2.75, 3.05) is 6.54 Å². The van der Waals surface area contributed by atoms with Crippen LogP contribution in [-0.4, -0.2) is 47.1 Å². The van der Waals surface area contributed by atoms with Crippen LogP contribution in [0.4, 0.5) is 4.79 Å². The third-order valence-electron chi connectivity index (χ3n) is 5.81. The molecular weight excluding hydrogens is 425 g/mol. The average molecular weight is 453 g/mol. The van der Waals surface area contributed by atoms with Crippen LogP contribution in [0.5, 0.6) is 5.75 Å². The van der Waals surface area contributed by atoms with Crippen LogP contribution in [0.15, 0.2) is 54.0 Å². The summed E-state index contributed by atoms with van der Waals surface area (Å²) >= 11 is 0. The number of carboxylic acids is 1. The maximum absolute atomic E-state index is 12.3. The Balaban J connectivity index is 1.77. The van der Waals surface area contributed by atoms with Crippen molar-refractivity contribution < 1.29 is 33.8 Å². The second kappa shape index (κ2) is 9.68. The quantitative estimate of drug-likeness (QED) is 0.543. The summed E-state index contributed by atoms with van der Waals surface area (Å²) in [6.07, 6.45) is 1.08. The summed E-state index contributed by atoms with van der Waals surface area (Å²) in [5.41, 5.74) is 0.574. The van der Waals surface area contributed by atoms with Gasteiger partial charge >= 0.3 is 19.2 Å². The zero-order valence-electron chi connectivity index (χ0n) is 19.1. The van der Waals surface area contributed by atoms with Crippen molar-refractivity contribution in [2.24, 2.45) is 0 Å². The van der Waals surface area contributed by atoms with Crippen LogP contribution in [0.25, 0.3) is 6.08 Å². The minimum absolute atomic E-state index is 0.0614. The molecule has 0 atom stereocenters. The van der Waals surface area contributed by atoms with E-state index in [9.17, 15) is 14.7 Å². The Labute approximate surface area is 193 Å². The number of aromatic hydroxyl groups is 1. The molecule has 0 bridgehead atoms. The third kappa shape index (κ3) is 5.94. The molecule has 8 nitrogen and oxygen atoms in total. The van der Waals surface area contributed by atoms with Gasteiger partial charge in [-0.1, -0.05) is 42.5 Å². The highest BCUT2D eigenvalue weighted by Crippen LogP contribution is 2.38.